The van der Waals surface area contributed by atoms with E-state index >= 15 is 0 Å². The van der Waals surface area contributed by atoms with Crippen LogP contribution in [0.5, 0.6) is 11.5 Å². The fourth-order valence-corrected chi connectivity index (χ4v) is 5.95. The van der Waals surface area contributed by atoms with E-state index in [9.17, 15) is 18.0 Å². The molecule has 1 heterocycles. The number of ether oxygens (including phenoxy) is 3. The third-order valence-electron chi connectivity index (χ3n) is 5.33. The third kappa shape index (κ3) is 6.48. The molecule has 10 heteroatoms. The highest BCUT2D eigenvalue weighted by Crippen LogP contribution is 2.37. The molecule has 0 aliphatic carbocycles. The molecule has 0 unspecified atom stereocenters. The van der Waals surface area contributed by atoms with Crippen molar-refractivity contribution in [1.82, 2.24) is 4.90 Å². The van der Waals surface area contributed by atoms with Crippen LogP contribution >= 0.6 is 15.9 Å². The Morgan fingerprint density at radius 2 is 1.91 bits per heavy atom. The van der Waals surface area contributed by atoms with Crippen molar-refractivity contribution >= 4 is 37.6 Å². The molecule has 0 radical (unpaired) electrons. The van der Waals surface area contributed by atoms with Crippen molar-refractivity contribution in [3.63, 3.8) is 0 Å². The monoisotopic (exact) mass is 539 g/mol. The highest BCUT2D eigenvalue weighted by molar-refractivity contribution is 9.10. The summed E-state index contributed by atoms with van der Waals surface area (Å²) >= 11 is 3.41. The van der Waals surface area contributed by atoms with E-state index in [4.69, 9.17) is 14.2 Å². The molecule has 0 N–H and O–H groups in total. The van der Waals surface area contributed by atoms with Crippen molar-refractivity contribution in [3.8, 4) is 11.5 Å². The summed E-state index contributed by atoms with van der Waals surface area (Å²) in [6.45, 7) is 1.94. The van der Waals surface area contributed by atoms with Gasteiger partial charge in [0.2, 0.25) is 0 Å². The lowest BCUT2D eigenvalue weighted by Gasteiger charge is -2.26. The van der Waals surface area contributed by atoms with Crippen LogP contribution in [0.1, 0.15) is 29.3 Å². The number of halogens is 1. The molecule has 1 amide bonds. The molecule has 2 aromatic rings. The van der Waals surface area contributed by atoms with Crippen molar-refractivity contribution in [3.05, 3.63) is 58.1 Å². The number of hydrogen-bond acceptors (Lipinski definition) is 7. The van der Waals surface area contributed by atoms with E-state index in [0.29, 0.717) is 35.5 Å². The molecule has 1 atom stereocenters. The minimum Gasteiger partial charge on any atom is -0.493 e. The van der Waals surface area contributed by atoms with Gasteiger partial charge in [0.25, 0.3) is 5.91 Å². The highest BCUT2D eigenvalue weighted by Gasteiger charge is 2.34. The molecule has 1 aliphatic heterocycles. The number of methoxy groups -OCH3 is 1. The summed E-state index contributed by atoms with van der Waals surface area (Å²) in [4.78, 5) is 26.6. The number of sulfone groups is 1. The van der Waals surface area contributed by atoms with Gasteiger partial charge in [0.15, 0.2) is 27.9 Å². The molecule has 1 saturated heterocycles. The average molecular weight is 540 g/mol. The molecule has 1 aliphatic rings. The van der Waals surface area contributed by atoms with E-state index in [0.717, 1.165) is 5.56 Å². The molecule has 1 fully saturated rings. The Bertz CT molecular complexity index is 1110. The fraction of sp³-hybridized carbons (Fsp3) is 0.391. The maximum absolute atomic E-state index is 12.6. The Hall–Kier alpha value is -2.59. The summed E-state index contributed by atoms with van der Waals surface area (Å²) in [7, 11) is -1.67. The quantitative estimate of drug-likeness (QED) is 0.451. The lowest BCUT2D eigenvalue weighted by atomic mass is 10.2. The largest absolute Gasteiger partial charge is 0.493 e. The van der Waals surface area contributed by atoms with Crippen LogP contribution in [0.25, 0.3) is 0 Å². The lowest BCUT2D eigenvalue weighted by molar-refractivity contribution is -0.136. The number of benzene rings is 2. The summed E-state index contributed by atoms with van der Waals surface area (Å²) in [5.74, 6) is -0.351. The van der Waals surface area contributed by atoms with E-state index in [1.165, 1.54) is 24.1 Å². The van der Waals surface area contributed by atoms with E-state index in [1.807, 2.05) is 30.3 Å². The molecule has 8 nitrogen and oxygen atoms in total. The first-order valence-electron chi connectivity index (χ1n) is 10.5. The van der Waals surface area contributed by atoms with Gasteiger partial charge in [-0.1, -0.05) is 30.3 Å². The number of amides is 1. The molecule has 2 aromatic carbocycles. The summed E-state index contributed by atoms with van der Waals surface area (Å²) < 4.78 is 40.4. The van der Waals surface area contributed by atoms with Gasteiger partial charge in [-0.3, -0.25) is 4.79 Å². The van der Waals surface area contributed by atoms with Gasteiger partial charge in [0, 0.05) is 12.6 Å². The molecule has 0 spiro atoms. The zero-order valence-corrected chi connectivity index (χ0v) is 20.9. The summed E-state index contributed by atoms with van der Waals surface area (Å²) in [5.41, 5.74) is 1.16. The van der Waals surface area contributed by atoms with Crippen molar-refractivity contribution in [2.24, 2.45) is 0 Å². The number of rotatable bonds is 9. The van der Waals surface area contributed by atoms with Crippen LogP contribution in [0.15, 0.2) is 46.9 Å². The van der Waals surface area contributed by atoms with Crippen LogP contribution in [0.3, 0.4) is 0 Å². The van der Waals surface area contributed by atoms with Gasteiger partial charge in [-0.05, 0) is 47.0 Å². The molecule has 0 aromatic heterocycles. The van der Waals surface area contributed by atoms with Gasteiger partial charge in [0.1, 0.15) is 6.61 Å². The average Bonchev–Trinajstić information content (AvgIpc) is 3.16. The number of likely N-dealkylation sites (N-methyl/N-ethyl adjacent to an activating group) is 1. The van der Waals surface area contributed by atoms with Crippen LogP contribution in [-0.2, 0) is 26.0 Å². The van der Waals surface area contributed by atoms with Crippen molar-refractivity contribution in [2.75, 3.05) is 31.8 Å². The van der Waals surface area contributed by atoms with Crippen LogP contribution in [0.2, 0.25) is 0 Å². The van der Waals surface area contributed by atoms with E-state index in [-0.39, 0.29) is 23.1 Å². The Kier molecular flexibility index (Phi) is 8.36. The number of esters is 1. The Morgan fingerprint density at radius 3 is 2.52 bits per heavy atom. The van der Waals surface area contributed by atoms with Gasteiger partial charge < -0.3 is 19.1 Å². The second kappa shape index (κ2) is 11.0. The first kappa shape index (κ1) is 25.0. The Labute approximate surface area is 201 Å². The molecule has 3 rings (SSSR count). The SMILES string of the molecule is CCN(C(=O)COC(=O)c1cc(Br)c(OCc2ccccc2)c(OC)c1)[C@@H]1CCS(=O)(=O)C1. The second-order valence-electron chi connectivity index (χ2n) is 7.58. The predicted octanol–water partition coefficient (Wildman–Crippen LogP) is 3.23. The van der Waals surface area contributed by atoms with Crippen molar-refractivity contribution in [2.45, 2.75) is 26.0 Å². The molecule has 178 valence electrons. The zero-order chi connectivity index (χ0) is 24.0. The maximum Gasteiger partial charge on any atom is 0.338 e. The van der Waals surface area contributed by atoms with Gasteiger partial charge in [-0.2, -0.15) is 0 Å². The van der Waals surface area contributed by atoms with Crippen LogP contribution in [0, 0.1) is 0 Å². The molecular formula is C23H26BrNO7S. The minimum absolute atomic E-state index is 0.0604. The summed E-state index contributed by atoms with van der Waals surface area (Å²) in [5, 5.41) is 0. The Balaban J connectivity index is 1.64. The number of nitrogens with zero attached hydrogens (tertiary/aromatic N) is 1. The standard InChI is InChI=1S/C23H26BrNO7S/c1-3-25(18-9-10-33(28,29)15-18)21(26)14-32-23(27)17-11-19(24)22(20(12-17)30-2)31-13-16-7-5-4-6-8-16/h4-8,11-12,18H,3,9-10,13-15H2,1-2H3/t18-/m1/s1. The topological polar surface area (TPSA) is 99.2 Å². The molecule has 0 bridgehead atoms. The maximum atomic E-state index is 12.6. The summed E-state index contributed by atoms with van der Waals surface area (Å²) in [6.07, 6.45) is 0.393. The first-order valence-corrected chi connectivity index (χ1v) is 13.1. The van der Waals surface area contributed by atoms with E-state index in [1.54, 1.807) is 6.92 Å². The summed E-state index contributed by atoms with van der Waals surface area (Å²) in [6, 6.07) is 12.2. The molecule has 0 saturated carbocycles. The van der Waals surface area contributed by atoms with Crippen molar-refractivity contribution in [1.29, 1.82) is 0 Å². The van der Waals surface area contributed by atoms with Gasteiger partial charge in [-0.15, -0.1) is 0 Å². The predicted molar refractivity (Wildman–Crippen MR) is 126 cm³/mol. The Morgan fingerprint density at radius 1 is 1.18 bits per heavy atom. The molecular weight excluding hydrogens is 514 g/mol. The third-order valence-corrected chi connectivity index (χ3v) is 7.67. The number of hydrogen-bond donors (Lipinski definition) is 0. The highest BCUT2D eigenvalue weighted by atomic mass is 79.9. The van der Waals surface area contributed by atoms with Crippen molar-refractivity contribution < 1.29 is 32.2 Å². The van der Waals surface area contributed by atoms with Crippen LogP contribution < -0.4 is 9.47 Å². The van der Waals surface area contributed by atoms with Crippen LogP contribution in [-0.4, -0.2) is 63.0 Å². The minimum atomic E-state index is -3.13. The number of carbonyl (C=O) groups excluding carboxylic acids is 2. The van der Waals surface area contributed by atoms with Gasteiger partial charge in [0.05, 0.1) is 28.7 Å². The van der Waals surface area contributed by atoms with E-state index in [2.05, 4.69) is 15.9 Å². The van der Waals surface area contributed by atoms with Crippen LogP contribution in [0.4, 0.5) is 0 Å². The first-order chi connectivity index (χ1) is 15.7. The molecule has 33 heavy (non-hydrogen) atoms. The van der Waals surface area contributed by atoms with Gasteiger partial charge in [-0.25, -0.2) is 13.2 Å². The fourth-order valence-electron chi connectivity index (χ4n) is 3.66. The van der Waals surface area contributed by atoms with Gasteiger partial charge >= 0.3 is 5.97 Å². The normalized spacial score (nSPS) is 16.8. The van der Waals surface area contributed by atoms with E-state index < -0.39 is 28.3 Å². The smallest absolute Gasteiger partial charge is 0.338 e. The lowest BCUT2D eigenvalue weighted by Crippen LogP contribution is -2.43. The number of carbonyl (C=O) groups is 2. The second-order valence-corrected chi connectivity index (χ2v) is 10.7. The zero-order valence-electron chi connectivity index (χ0n) is 18.5.